The molecule has 0 bridgehead atoms. The molecule has 3 N–H and O–H groups in total. The fraction of sp³-hybridized carbons (Fsp3) is 0.600. The predicted octanol–water partition coefficient (Wildman–Crippen LogP) is -0.831. The van der Waals surface area contributed by atoms with Crippen molar-refractivity contribution in [3.05, 3.63) is 35.9 Å². The van der Waals surface area contributed by atoms with E-state index < -0.39 is 8.97 Å². The molecule has 0 amide bonds. The largest absolute Gasteiger partial charge is 1.00 e. The molecule has 0 heterocycles. The van der Waals surface area contributed by atoms with Crippen LogP contribution in [0.15, 0.2) is 30.3 Å². The molecule has 0 saturated carbocycles. The SMILES string of the molecule is CCO[Si]([NH3+])(OCC)OC(C)(CC)Cc1ccccc1.[Cl-]. The third kappa shape index (κ3) is 6.91. The highest BCUT2D eigenvalue weighted by molar-refractivity contribution is 6.50. The first-order valence-electron chi connectivity index (χ1n) is 7.34. The van der Waals surface area contributed by atoms with Gasteiger partial charge in [-0.25, -0.2) is 0 Å². The Morgan fingerprint density at radius 1 is 1.05 bits per heavy atom. The molecule has 0 saturated heterocycles. The molecule has 1 unspecified atom stereocenters. The summed E-state index contributed by atoms with van der Waals surface area (Å²) in [5.74, 6) is 0. The van der Waals surface area contributed by atoms with Crippen LogP contribution >= 0.6 is 0 Å². The summed E-state index contributed by atoms with van der Waals surface area (Å²) < 4.78 is 17.6. The van der Waals surface area contributed by atoms with Crippen LogP contribution in [0.1, 0.15) is 39.7 Å². The highest BCUT2D eigenvalue weighted by atomic mass is 35.5. The normalized spacial score (nSPS) is 14.3. The molecule has 0 fully saturated rings. The van der Waals surface area contributed by atoms with Crippen LogP contribution in [0.2, 0.25) is 0 Å². The fourth-order valence-corrected chi connectivity index (χ4v) is 4.22. The van der Waals surface area contributed by atoms with Gasteiger partial charge in [-0.2, -0.15) is 0 Å². The summed E-state index contributed by atoms with van der Waals surface area (Å²) in [6.07, 6.45) is 1.71. The molecule has 0 aliphatic heterocycles. The number of hydrogen-bond donors (Lipinski definition) is 1. The Kier molecular flexibility index (Phi) is 9.36. The topological polar surface area (TPSA) is 55.3 Å². The highest BCUT2D eigenvalue weighted by Gasteiger charge is 2.51. The lowest BCUT2D eigenvalue weighted by Gasteiger charge is -2.32. The third-order valence-electron chi connectivity index (χ3n) is 3.30. The zero-order chi connectivity index (χ0) is 15.1. The highest BCUT2D eigenvalue weighted by Crippen LogP contribution is 2.24. The number of hydrogen-bond acceptors (Lipinski definition) is 3. The Morgan fingerprint density at radius 3 is 2.00 bits per heavy atom. The van der Waals surface area contributed by atoms with Gasteiger partial charge in [-0.1, -0.05) is 37.3 Å². The molecule has 0 aliphatic rings. The van der Waals surface area contributed by atoms with Crippen molar-refractivity contribution in [3.63, 3.8) is 0 Å². The average molecular weight is 334 g/mol. The van der Waals surface area contributed by atoms with Crippen molar-refractivity contribution in [2.24, 2.45) is 0 Å². The van der Waals surface area contributed by atoms with Gasteiger partial charge in [0.2, 0.25) is 0 Å². The van der Waals surface area contributed by atoms with E-state index in [4.69, 9.17) is 13.3 Å². The Labute approximate surface area is 135 Å². The van der Waals surface area contributed by atoms with Gasteiger partial charge in [-0.05, 0) is 32.8 Å². The van der Waals surface area contributed by atoms with Crippen molar-refractivity contribution in [1.29, 1.82) is 0 Å². The molecule has 1 aromatic carbocycles. The minimum absolute atomic E-state index is 0. The summed E-state index contributed by atoms with van der Waals surface area (Å²) in [5.41, 5.74) is 0.931. The molecule has 1 atom stereocenters. The maximum Gasteiger partial charge on any atom is 0.780 e. The molecule has 1 rings (SSSR count). The van der Waals surface area contributed by atoms with E-state index in [1.165, 1.54) is 5.56 Å². The second-order valence-corrected chi connectivity index (χ2v) is 7.26. The van der Waals surface area contributed by atoms with Crippen molar-refractivity contribution in [3.8, 4) is 0 Å². The van der Waals surface area contributed by atoms with E-state index in [2.05, 4.69) is 31.4 Å². The van der Waals surface area contributed by atoms with E-state index in [1.807, 2.05) is 32.0 Å². The minimum atomic E-state index is -2.81. The first-order valence-corrected chi connectivity index (χ1v) is 9.27. The monoisotopic (exact) mass is 333 g/mol. The van der Waals surface area contributed by atoms with Crippen LogP contribution in [0.5, 0.6) is 0 Å². The van der Waals surface area contributed by atoms with Gasteiger partial charge in [0.05, 0.1) is 5.60 Å². The standard InChI is InChI=1S/C15H28NO3Si.ClH/c1-5-15(4,13-14-11-9-8-10-12-14)19-20(16,17-6-2)18-7-3;/h8-12H,5-7,13H2,1-4,16H3;1H/q+1;/p-1. The first kappa shape index (κ1) is 20.6. The van der Waals surface area contributed by atoms with Crippen LogP contribution in [-0.4, -0.2) is 27.8 Å². The molecule has 0 aliphatic carbocycles. The summed E-state index contributed by atoms with van der Waals surface area (Å²) in [5, 5.41) is 4.10. The Balaban J connectivity index is 0.00000400. The average Bonchev–Trinajstić information content (AvgIpc) is 2.40. The van der Waals surface area contributed by atoms with E-state index in [9.17, 15) is 0 Å². The van der Waals surface area contributed by atoms with Gasteiger partial charge in [-0.3, -0.25) is 0 Å². The van der Waals surface area contributed by atoms with Gasteiger partial charge < -0.3 is 31.1 Å². The molecule has 21 heavy (non-hydrogen) atoms. The fourth-order valence-electron chi connectivity index (χ4n) is 2.18. The van der Waals surface area contributed by atoms with Gasteiger partial charge >= 0.3 is 8.97 Å². The van der Waals surface area contributed by atoms with Crippen molar-refractivity contribution in [1.82, 2.24) is 0 Å². The predicted molar refractivity (Wildman–Crippen MR) is 81.8 cm³/mol. The molecule has 4 nitrogen and oxygen atoms in total. The van der Waals surface area contributed by atoms with Gasteiger partial charge in [0.15, 0.2) is 0 Å². The van der Waals surface area contributed by atoms with Crippen LogP contribution in [0.3, 0.4) is 0 Å². The zero-order valence-corrected chi connectivity index (χ0v) is 15.3. The molecule has 1 aromatic rings. The molecule has 0 spiro atoms. The second kappa shape index (κ2) is 9.56. The molecule has 122 valence electrons. The summed E-state index contributed by atoms with van der Waals surface area (Å²) >= 11 is 0. The Bertz CT molecular complexity index is 388. The van der Waals surface area contributed by atoms with Gasteiger partial charge in [0.25, 0.3) is 0 Å². The summed E-state index contributed by atoms with van der Waals surface area (Å²) in [7, 11) is -2.81. The van der Waals surface area contributed by atoms with Crippen LogP contribution in [0, 0.1) is 0 Å². The number of rotatable bonds is 9. The molecule has 0 radical (unpaired) electrons. The van der Waals surface area contributed by atoms with E-state index in [-0.39, 0.29) is 18.0 Å². The van der Waals surface area contributed by atoms with Gasteiger partial charge in [-0.15, -0.1) is 0 Å². The number of benzene rings is 1. The first-order chi connectivity index (χ1) is 9.47. The Hall–Kier alpha value is -0.433. The van der Waals surface area contributed by atoms with Crippen LogP contribution in [-0.2, 0) is 19.7 Å². The van der Waals surface area contributed by atoms with Crippen molar-refractivity contribution in [2.45, 2.75) is 46.1 Å². The van der Waals surface area contributed by atoms with E-state index in [1.54, 1.807) is 0 Å². The maximum atomic E-state index is 6.24. The molecular weight excluding hydrogens is 306 g/mol. The van der Waals surface area contributed by atoms with Crippen LogP contribution in [0.25, 0.3) is 0 Å². The summed E-state index contributed by atoms with van der Waals surface area (Å²) in [6, 6.07) is 10.3. The van der Waals surface area contributed by atoms with E-state index in [0.717, 1.165) is 12.8 Å². The van der Waals surface area contributed by atoms with Crippen molar-refractivity contribution in [2.75, 3.05) is 13.2 Å². The third-order valence-corrected chi connectivity index (χ3v) is 5.56. The second-order valence-electron chi connectivity index (χ2n) is 5.12. The number of halogens is 1. The molecule has 6 heteroatoms. The lowest BCUT2D eigenvalue weighted by atomic mass is 9.94. The van der Waals surface area contributed by atoms with Crippen molar-refractivity contribution < 1.29 is 31.1 Å². The summed E-state index contributed by atoms with van der Waals surface area (Å²) in [6.45, 7) is 9.22. The van der Waals surface area contributed by atoms with Crippen LogP contribution < -0.4 is 17.8 Å². The minimum Gasteiger partial charge on any atom is -1.00 e. The maximum absolute atomic E-state index is 6.24. The number of quaternary nitrogens is 1. The van der Waals surface area contributed by atoms with Crippen LogP contribution in [0.4, 0.5) is 0 Å². The van der Waals surface area contributed by atoms with Gasteiger partial charge in [0.1, 0.15) is 0 Å². The smallest absolute Gasteiger partial charge is 0.780 e. The van der Waals surface area contributed by atoms with E-state index in [0.29, 0.717) is 13.2 Å². The molecule has 0 aromatic heterocycles. The van der Waals surface area contributed by atoms with E-state index >= 15 is 0 Å². The summed E-state index contributed by atoms with van der Waals surface area (Å²) in [4.78, 5) is 0. The quantitative estimate of drug-likeness (QED) is 0.600. The van der Waals surface area contributed by atoms with Gasteiger partial charge in [0, 0.05) is 19.6 Å². The molecular formula is C15H28ClNO3Si. The lowest BCUT2D eigenvalue weighted by molar-refractivity contribution is -0.327. The van der Waals surface area contributed by atoms with Crippen molar-refractivity contribution >= 4 is 8.97 Å². The zero-order valence-electron chi connectivity index (χ0n) is 13.5. The Morgan fingerprint density at radius 2 is 1.57 bits per heavy atom. The lowest BCUT2D eigenvalue weighted by Crippen LogP contribution is -3.00.